The zero-order chi connectivity index (χ0) is 74.9. The van der Waals surface area contributed by atoms with Gasteiger partial charge in [-0.15, -0.1) is 0 Å². The van der Waals surface area contributed by atoms with Crippen molar-refractivity contribution in [2.24, 2.45) is 5.73 Å². The number of unbranched alkanes of at least 4 members (excludes halogenated alkanes) is 1. The predicted octanol–water partition coefficient (Wildman–Crippen LogP) is 11.5. The normalized spacial score (nSPS) is 23.3. The first-order valence-electron chi connectivity index (χ1n) is 36.3. The lowest BCUT2D eigenvalue weighted by molar-refractivity contribution is -0.208. The minimum atomic E-state index is -1.43. The third-order valence-corrected chi connectivity index (χ3v) is 19.4. The molecular formula is C84H92N6O17. The van der Waals surface area contributed by atoms with Crippen molar-refractivity contribution < 1.29 is 80.9 Å². The summed E-state index contributed by atoms with van der Waals surface area (Å²) in [5.74, 6) is 0.206. The minimum Gasteiger partial charge on any atom is -0.484 e. The Morgan fingerprint density at radius 3 is 1.10 bits per heavy atom. The van der Waals surface area contributed by atoms with Crippen LogP contribution in [0.25, 0.3) is 11.1 Å². The summed E-state index contributed by atoms with van der Waals surface area (Å²) in [6.45, 7) is 10.2. The maximum absolute atomic E-state index is 15.3. The Balaban J connectivity index is 0.883. The van der Waals surface area contributed by atoms with Crippen LogP contribution in [-0.4, -0.2) is 149 Å². The Kier molecular flexibility index (Phi) is 25.1. The molecule has 3 saturated heterocycles. The number of benzene rings is 8. The summed E-state index contributed by atoms with van der Waals surface area (Å²) in [7, 11) is 0. The number of amides is 6. The Bertz CT molecular complexity index is 4270. The molecular weight excluding hydrogens is 1360 g/mol. The van der Waals surface area contributed by atoms with Crippen molar-refractivity contribution in [1.29, 1.82) is 0 Å². The maximum atomic E-state index is 15.3. The lowest BCUT2D eigenvalue weighted by Gasteiger charge is -2.46. The monoisotopic (exact) mass is 1460 g/mol. The molecule has 6 amide bonds. The van der Waals surface area contributed by atoms with E-state index < -0.39 is 122 Å². The molecule has 8 aromatic carbocycles. The molecule has 4 aliphatic rings. The van der Waals surface area contributed by atoms with E-state index in [1.54, 1.807) is 72.8 Å². The number of rotatable bonds is 22. The highest BCUT2D eigenvalue weighted by atomic mass is 16.6. The number of nitrogens with one attached hydrogen (secondary N) is 5. The molecule has 107 heavy (non-hydrogen) atoms. The second-order valence-corrected chi connectivity index (χ2v) is 27.6. The Morgan fingerprint density at radius 1 is 0.421 bits per heavy atom. The Labute approximate surface area is 622 Å². The summed E-state index contributed by atoms with van der Waals surface area (Å²) in [6.07, 6.45) is -14.0. The first kappa shape index (κ1) is 75.4. The van der Waals surface area contributed by atoms with Gasteiger partial charge in [-0.3, -0.25) is 14.4 Å². The molecule has 3 heterocycles. The topological polar surface area (TPSA) is 290 Å². The van der Waals surface area contributed by atoms with Crippen LogP contribution < -0.4 is 60.7 Å². The number of aryl methyl sites for hydroxylation is 6. The van der Waals surface area contributed by atoms with Crippen molar-refractivity contribution in [2.45, 2.75) is 153 Å². The largest absolute Gasteiger partial charge is 0.484 e. The van der Waals surface area contributed by atoms with Crippen molar-refractivity contribution in [1.82, 2.24) is 26.6 Å². The summed E-state index contributed by atoms with van der Waals surface area (Å²) in [6, 6.07) is 57.5. The van der Waals surface area contributed by atoms with Crippen molar-refractivity contribution in [2.75, 3.05) is 39.5 Å². The molecule has 7 N–H and O–H groups in total. The van der Waals surface area contributed by atoms with Crippen LogP contribution in [0.4, 0.5) is 14.4 Å². The summed E-state index contributed by atoms with van der Waals surface area (Å²) >= 11 is 0. The molecule has 1 aliphatic carbocycles. The predicted molar refractivity (Wildman–Crippen MR) is 399 cm³/mol. The van der Waals surface area contributed by atoms with Crippen LogP contribution in [0.5, 0.6) is 34.5 Å². The Hall–Kier alpha value is -11.3. The average molecular weight is 1460 g/mol. The number of carbonyl (C=O) groups is 6. The highest BCUT2D eigenvalue weighted by molar-refractivity contribution is 5.87. The van der Waals surface area contributed by atoms with Gasteiger partial charge in [0, 0.05) is 32.0 Å². The molecule has 12 atom stereocenters. The van der Waals surface area contributed by atoms with Gasteiger partial charge in [-0.25, -0.2) is 14.4 Å². The minimum absolute atomic E-state index is 0.0328. The fourth-order valence-corrected chi connectivity index (χ4v) is 13.5. The van der Waals surface area contributed by atoms with Gasteiger partial charge < -0.3 is 84.4 Å². The van der Waals surface area contributed by atoms with Crippen molar-refractivity contribution in [3.05, 3.63) is 239 Å². The van der Waals surface area contributed by atoms with E-state index in [0.717, 1.165) is 55.6 Å². The van der Waals surface area contributed by atoms with Crippen molar-refractivity contribution >= 4 is 36.0 Å². The van der Waals surface area contributed by atoms with Crippen LogP contribution >= 0.6 is 0 Å². The maximum Gasteiger partial charge on any atom is 0.407 e. The van der Waals surface area contributed by atoms with Gasteiger partial charge in [-0.2, -0.15) is 0 Å². The van der Waals surface area contributed by atoms with E-state index >= 15 is 4.79 Å². The Morgan fingerprint density at radius 2 is 0.748 bits per heavy atom. The molecule has 3 fully saturated rings. The number of hydrogen-bond donors (Lipinski definition) is 6. The summed E-state index contributed by atoms with van der Waals surface area (Å²) < 4.78 is 73.8. The van der Waals surface area contributed by atoms with E-state index in [1.165, 1.54) is 0 Å². The van der Waals surface area contributed by atoms with E-state index in [4.69, 9.17) is 57.8 Å². The summed E-state index contributed by atoms with van der Waals surface area (Å²) in [4.78, 5) is 85.6. The molecule has 23 nitrogen and oxygen atoms in total. The molecule has 0 spiro atoms. The highest BCUT2D eigenvalue weighted by Crippen LogP contribution is 2.45. The van der Waals surface area contributed by atoms with Gasteiger partial charge in [0.05, 0.1) is 0 Å². The first-order valence-corrected chi connectivity index (χ1v) is 36.3. The lowest BCUT2D eigenvalue weighted by atomic mass is 9.93. The van der Waals surface area contributed by atoms with Crippen molar-refractivity contribution in [3.8, 4) is 45.6 Å². The molecule has 12 rings (SSSR count). The van der Waals surface area contributed by atoms with Gasteiger partial charge in [-0.05, 0) is 162 Å². The van der Waals surface area contributed by atoms with Gasteiger partial charge in [0.15, 0.2) is 36.6 Å². The second kappa shape index (κ2) is 35.7. The van der Waals surface area contributed by atoms with Crippen LogP contribution in [0.3, 0.4) is 0 Å². The van der Waals surface area contributed by atoms with E-state index in [9.17, 15) is 24.0 Å². The van der Waals surface area contributed by atoms with Gasteiger partial charge >= 0.3 is 18.3 Å². The van der Waals surface area contributed by atoms with Crippen LogP contribution in [0.1, 0.15) is 82.5 Å². The number of cyclic esters (lactones) is 2. The third kappa shape index (κ3) is 20.2. The molecule has 560 valence electrons. The summed E-state index contributed by atoms with van der Waals surface area (Å²) in [5, 5.41) is 14.4. The van der Waals surface area contributed by atoms with Crippen LogP contribution in [0.2, 0.25) is 0 Å². The summed E-state index contributed by atoms with van der Waals surface area (Å²) in [5.41, 5.74) is 15.8. The number of fused-ring (bicyclic) bond motifs is 7. The molecule has 0 radical (unpaired) electrons. The standard InChI is InChI=1S/C84H92N6O17/c1-50-18-30-56(31-19-50)100-74-69-45-87-80(92)67(17-11-12-44-86-82(94)97-47-66-64-15-9-7-13-62(64)63-14-8-10-16-65(63)66)89-83(95)98-48-71-76(102-58-34-22-52(3)23-35-58)79(105-61-40-28-55(6)29-41-61)75(101-57-32-20-51(2)21-33-57)70(107-71)46-88-81(93)68(42-43-73(85)91)90-84(96)99-49-72(106-69)77(103-59-36-24-53(4)25-37-59)78(74)104-60-38-26-54(5)27-39-60/h7-10,13-16,18-41,66-72,74-79H,11-12,17,42-49H2,1-6H3,(H2,85,91)(H,86,94)(H,87,92)(H,88,93)(H,89,95)(H,90,96)/t67-,68-,69-,70-,71+,72+,74-,75-,76+,77+,78+,79+/m0/s1. The number of nitrogens with two attached hydrogens (primary N) is 1. The quantitative estimate of drug-likeness (QED) is 0.0271. The van der Waals surface area contributed by atoms with E-state index in [2.05, 4.69) is 38.7 Å². The zero-order valence-corrected chi connectivity index (χ0v) is 60.8. The number of alkyl carbamates (subject to hydrolysis) is 3. The third-order valence-electron chi connectivity index (χ3n) is 19.4. The molecule has 8 aromatic rings. The SMILES string of the molecule is Cc1ccc(O[C@@H]2[C@@H](Oc3ccc(C)cc3)[C@@H]3CNC(=O)[C@H](CCCCNC(=O)OCC4c5ccccc5-c5ccccc54)NC(=O)OC[C@H]4O[C@@H](CNC(=O)[C@H](CCC(N)=O)NC(=O)OC[C@@H](O3)[C@H]2Oc2ccc(C)cc2)[C@H](Oc2ccc(C)cc2)[C@@H](Oc2ccc(C)cc2)[C@@H]4Oc2ccc(C)cc2)cc1. The number of primary amides is 1. The first-order chi connectivity index (χ1) is 51.8. The van der Waals surface area contributed by atoms with Gasteiger partial charge in [-0.1, -0.05) is 155 Å². The van der Waals surface area contributed by atoms with E-state index in [0.29, 0.717) is 47.3 Å². The molecule has 0 saturated carbocycles. The van der Waals surface area contributed by atoms with Crippen molar-refractivity contribution in [3.63, 3.8) is 0 Å². The van der Waals surface area contributed by atoms with Crippen LogP contribution in [0.15, 0.2) is 194 Å². The second-order valence-electron chi connectivity index (χ2n) is 27.6. The number of hydrogen-bond acceptors (Lipinski definition) is 17. The fourth-order valence-electron chi connectivity index (χ4n) is 13.5. The molecule has 4 bridgehead atoms. The van der Waals surface area contributed by atoms with Gasteiger partial charge in [0.1, 0.15) is 90.8 Å². The zero-order valence-electron chi connectivity index (χ0n) is 60.8. The average Bonchev–Trinajstić information content (AvgIpc) is 1.76. The van der Waals surface area contributed by atoms with Crippen LogP contribution in [-0.2, 0) is 38.1 Å². The molecule has 23 heteroatoms. The highest BCUT2D eigenvalue weighted by Gasteiger charge is 2.53. The number of ether oxygens (including phenoxy) is 11. The van der Waals surface area contributed by atoms with Gasteiger partial charge in [0.2, 0.25) is 17.7 Å². The van der Waals surface area contributed by atoms with Crippen LogP contribution in [0, 0.1) is 41.5 Å². The number of carbonyl (C=O) groups excluding carboxylic acids is 6. The van der Waals surface area contributed by atoms with E-state index in [1.807, 2.05) is 151 Å². The fraction of sp³-hybridized carbons (Fsp3) is 0.357. The van der Waals surface area contributed by atoms with E-state index in [-0.39, 0.29) is 51.4 Å². The molecule has 3 aliphatic heterocycles. The van der Waals surface area contributed by atoms with Gasteiger partial charge in [0.25, 0.3) is 0 Å². The molecule has 0 unspecified atom stereocenters. The molecule has 0 aromatic heterocycles. The lowest BCUT2D eigenvalue weighted by Crippen LogP contribution is -2.67. The smallest absolute Gasteiger partial charge is 0.407 e.